The zero-order valence-corrected chi connectivity index (χ0v) is 18.9. The van der Waals surface area contributed by atoms with E-state index in [2.05, 4.69) is 19.9 Å². The number of esters is 2. The highest BCUT2D eigenvalue weighted by Crippen LogP contribution is 2.66. The summed E-state index contributed by atoms with van der Waals surface area (Å²) in [6.07, 6.45) is 9.21. The minimum atomic E-state index is -1.28. The molecule has 0 spiro atoms. The van der Waals surface area contributed by atoms with Gasteiger partial charge in [0.1, 0.15) is 0 Å². The minimum Gasteiger partial charge on any atom is -0.458 e. The standard InChI is InChI=1S/C25H32O6/c1-15(26)30-14-22(29)25(31-16(2)27)12-9-21-19-6-5-17-13-18(28)7-10-23(17,3)20(19)8-11-24(21,25)4/h8,13,19,21H,5-7,9-12,14H2,1-4H3/t19-,21-,23+,24-,25+/m1/s1. The summed E-state index contributed by atoms with van der Waals surface area (Å²) < 4.78 is 10.8. The third kappa shape index (κ3) is 3.21. The number of hydrogen-bond acceptors (Lipinski definition) is 6. The fourth-order valence-corrected chi connectivity index (χ4v) is 7.06. The van der Waals surface area contributed by atoms with Crippen LogP contribution in [0.25, 0.3) is 0 Å². The van der Waals surface area contributed by atoms with Crippen LogP contribution in [0.2, 0.25) is 0 Å². The van der Waals surface area contributed by atoms with Gasteiger partial charge in [-0.3, -0.25) is 19.2 Å². The molecule has 0 unspecified atom stereocenters. The number of hydrogen-bond donors (Lipinski definition) is 0. The van der Waals surface area contributed by atoms with Gasteiger partial charge in [0.2, 0.25) is 5.78 Å². The lowest BCUT2D eigenvalue weighted by molar-refractivity contribution is -0.184. The molecule has 6 heteroatoms. The third-order valence-corrected chi connectivity index (χ3v) is 8.63. The summed E-state index contributed by atoms with van der Waals surface area (Å²) in [4.78, 5) is 48.7. The topological polar surface area (TPSA) is 86.7 Å². The Balaban J connectivity index is 1.73. The quantitative estimate of drug-likeness (QED) is 0.499. The second-order valence-corrected chi connectivity index (χ2v) is 10.2. The monoisotopic (exact) mass is 428 g/mol. The second-order valence-electron chi connectivity index (χ2n) is 10.2. The first-order valence-corrected chi connectivity index (χ1v) is 11.3. The van der Waals surface area contributed by atoms with Crippen LogP contribution in [0.3, 0.4) is 0 Å². The van der Waals surface area contributed by atoms with E-state index >= 15 is 0 Å². The van der Waals surface area contributed by atoms with E-state index in [0.717, 1.165) is 25.7 Å². The number of ketones is 2. The van der Waals surface area contributed by atoms with E-state index in [1.165, 1.54) is 25.0 Å². The van der Waals surface area contributed by atoms with Gasteiger partial charge in [0.05, 0.1) is 0 Å². The minimum absolute atomic E-state index is 0.0907. The molecule has 2 fully saturated rings. The number of carbonyl (C=O) groups is 4. The van der Waals surface area contributed by atoms with Crippen molar-refractivity contribution in [3.8, 4) is 0 Å². The van der Waals surface area contributed by atoms with Crippen molar-refractivity contribution in [1.29, 1.82) is 0 Å². The van der Waals surface area contributed by atoms with Crippen molar-refractivity contribution >= 4 is 23.5 Å². The van der Waals surface area contributed by atoms with E-state index in [1.54, 1.807) is 0 Å². The summed E-state index contributed by atoms with van der Waals surface area (Å²) in [7, 11) is 0. The summed E-state index contributed by atoms with van der Waals surface area (Å²) in [6.45, 7) is 6.54. The van der Waals surface area contributed by atoms with Crippen LogP contribution in [-0.2, 0) is 28.7 Å². The molecule has 0 radical (unpaired) electrons. The first kappa shape index (κ1) is 22.0. The molecule has 4 aliphatic carbocycles. The molecule has 0 bridgehead atoms. The Morgan fingerprint density at radius 3 is 2.48 bits per heavy atom. The summed E-state index contributed by atoms with van der Waals surface area (Å²) in [5, 5.41) is 0. The molecule has 2 saturated carbocycles. The largest absolute Gasteiger partial charge is 0.458 e. The molecule has 0 amide bonds. The Labute approximate surface area is 183 Å². The van der Waals surface area contributed by atoms with Gasteiger partial charge in [-0.1, -0.05) is 31.1 Å². The maximum absolute atomic E-state index is 13.3. The summed E-state index contributed by atoms with van der Waals surface area (Å²) in [5.41, 5.74) is 0.718. The van der Waals surface area contributed by atoms with E-state index in [-0.39, 0.29) is 29.5 Å². The number of allylic oxidation sites excluding steroid dienone is 4. The van der Waals surface area contributed by atoms with Crippen LogP contribution in [-0.4, -0.2) is 35.7 Å². The smallest absolute Gasteiger partial charge is 0.303 e. The van der Waals surface area contributed by atoms with Crippen LogP contribution >= 0.6 is 0 Å². The normalized spacial score (nSPS) is 38.8. The maximum Gasteiger partial charge on any atom is 0.303 e. The molecule has 4 aliphatic rings. The molecule has 0 aromatic heterocycles. The third-order valence-electron chi connectivity index (χ3n) is 8.63. The highest BCUT2D eigenvalue weighted by atomic mass is 16.6. The van der Waals surface area contributed by atoms with Crippen LogP contribution in [0.4, 0.5) is 0 Å². The first-order chi connectivity index (χ1) is 14.5. The number of carbonyl (C=O) groups excluding carboxylic acids is 4. The predicted molar refractivity (Wildman–Crippen MR) is 113 cm³/mol. The van der Waals surface area contributed by atoms with E-state index < -0.39 is 23.0 Å². The van der Waals surface area contributed by atoms with Gasteiger partial charge in [0, 0.05) is 31.1 Å². The van der Waals surface area contributed by atoms with Gasteiger partial charge in [0.15, 0.2) is 18.0 Å². The van der Waals surface area contributed by atoms with Crippen molar-refractivity contribution in [2.45, 2.75) is 78.2 Å². The molecule has 5 atom stereocenters. The fraction of sp³-hybridized carbons (Fsp3) is 0.680. The Hall–Kier alpha value is -2.24. The van der Waals surface area contributed by atoms with Crippen LogP contribution in [0.5, 0.6) is 0 Å². The summed E-state index contributed by atoms with van der Waals surface area (Å²) in [5.74, 6) is -0.622. The second kappa shape index (κ2) is 7.42. The molecule has 0 saturated heterocycles. The van der Waals surface area contributed by atoms with E-state index in [9.17, 15) is 19.2 Å². The van der Waals surface area contributed by atoms with Gasteiger partial charge in [-0.15, -0.1) is 0 Å². The van der Waals surface area contributed by atoms with Crippen LogP contribution < -0.4 is 0 Å². The SMILES string of the molecule is CC(=O)OCC(=O)[C@@]1(OC(C)=O)CC[C@@H]2[C@@H]3CCC4=CC(=O)CC[C@]4(C)C3=CC[C@]21C. The fourth-order valence-electron chi connectivity index (χ4n) is 7.06. The highest BCUT2D eigenvalue weighted by Gasteiger charge is 2.67. The lowest BCUT2D eigenvalue weighted by Gasteiger charge is -2.55. The van der Waals surface area contributed by atoms with Crippen LogP contribution in [0.15, 0.2) is 23.3 Å². The molecule has 168 valence electrons. The molecular weight excluding hydrogens is 396 g/mol. The number of ether oxygens (including phenoxy) is 2. The van der Waals surface area contributed by atoms with Gasteiger partial charge < -0.3 is 9.47 Å². The number of rotatable bonds is 4. The van der Waals surface area contributed by atoms with Crippen molar-refractivity contribution < 1.29 is 28.7 Å². The zero-order valence-electron chi connectivity index (χ0n) is 18.9. The molecule has 0 heterocycles. The number of Topliss-reactive ketones (excluding diaryl/α,β-unsaturated/α-hetero) is 1. The predicted octanol–water partition coefficient (Wildman–Crippen LogP) is 3.87. The number of fused-ring (bicyclic) bond motifs is 5. The molecule has 0 aromatic carbocycles. The average Bonchev–Trinajstić information content (AvgIpc) is 2.99. The van der Waals surface area contributed by atoms with E-state index in [4.69, 9.17) is 9.47 Å². The molecule has 0 N–H and O–H groups in total. The first-order valence-electron chi connectivity index (χ1n) is 11.3. The van der Waals surface area contributed by atoms with Crippen molar-refractivity contribution in [3.63, 3.8) is 0 Å². The van der Waals surface area contributed by atoms with E-state index in [0.29, 0.717) is 25.2 Å². The van der Waals surface area contributed by atoms with E-state index in [1.807, 2.05) is 6.08 Å². The maximum atomic E-state index is 13.3. The van der Waals surface area contributed by atoms with Gasteiger partial charge >= 0.3 is 11.9 Å². The Kier molecular flexibility index (Phi) is 5.26. The lowest BCUT2D eigenvalue weighted by Crippen LogP contribution is -2.57. The van der Waals surface area contributed by atoms with Crippen molar-refractivity contribution in [1.82, 2.24) is 0 Å². The highest BCUT2D eigenvalue weighted by molar-refractivity contribution is 5.93. The van der Waals surface area contributed by atoms with Gasteiger partial charge in [-0.25, -0.2) is 0 Å². The molecule has 0 aromatic rings. The van der Waals surface area contributed by atoms with Crippen molar-refractivity contribution in [3.05, 3.63) is 23.3 Å². The Morgan fingerprint density at radius 1 is 1.06 bits per heavy atom. The summed E-state index contributed by atoms with van der Waals surface area (Å²) in [6, 6.07) is 0. The summed E-state index contributed by atoms with van der Waals surface area (Å²) >= 11 is 0. The molecule has 4 rings (SSSR count). The van der Waals surface area contributed by atoms with Crippen LogP contribution in [0.1, 0.15) is 72.6 Å². The van der Waals surface area contributed by atoms with Crippen molar-refractivity contribution in [2.75, 3.05) is 6.61 Å². The van der Waals surface area contributed by atoms with Crippen molar-refractivity contribution in [2.24, 2.45) is 22.7 Å². The molecule has 0 aliphatic heterocycles. The van der Waals surface area contributed by atoms with Gasteiger partial charge in [-0.2, -0.15) is 0 Å². The lowest BCUT2D eigenvalue weighted by atomic mass is 9.50. The molecule has 6 nitrogen and oxygen atoms in total. The Bertz CT molecular complexity index is 913. The van der Waals surface area contributed by atoms with Gasteiger partial charge in [0.25, 0.3) is 0 Å². The molecule has 31 heavy (non-hydrogen) atoms. The molecular formula is C25H32O6. The Morgan fingerprint density at radius 2 is 1.81 bits per heavy atom. The average molecular weight is 429 g/mol. The zero-order chi connectivity index (χ0) is 22.6. The van der Waals surface area contributed by atoms with Gasteiger partial charge in [-0.05, 0) is 56.4 Å². The van der Waals surface area contributed by atoms with Crippen LogP contribution in [0, 0.1) is 22.7 Å².